The summed E-state index contributed by atoms with van der Waals surface area (Å²) in [5.41, 5.74) is 1.03. The largest absolute Gasteiger partial charge is 0.493 e. The zero-order chi connectivity index (χ0) is 16.2. The fourth-order valence-corrected chi connectivity index (χ4v) is 1.74. The molecule has 0 fully saturated rings. The Kier molecular flexibility index (Phi) is 8.31. The first-order valence-electron chi connectivity index (χ1n) is 6.91. The maximum atomic E-state index is 5.48. The number of nitrogens with zero attached hydrogens (tertiary/aromatic N) is 1. The van der Waals surface area contributed by atoms with Gasteiger partial charge in [-0.2, -0.15) is 0 Å². The van der Waals surface area contributed by atoms with Gasteiger partial charge in [-0.1, -0.05) is 12.0 Å². The smallest absolute Gasteiger partial charge is 0.191 e. The lowest BCUT2D eigenvalue weighted by Crippen LogP contribution is -2.38. The summed E-state index contributed by atoms with van der Waals surface area (Å²) in [6, 6.07) is 5.70. The van der Waals surface area contributed by atoms with Gasteiger partial charge in [0.1, 0.15) is 6.61 Å². The molecule has 0 saturated carbocycles. The highest BCUT2D eigenvalue weighted by molar-refractivity contribution is 5.79. The molecule has 6 nitrogen and oxygen atoms in total. The molecule has 0 bridgehead atoms. The van der Waals surface area contributed by atoms with Gasteiger partial charge in [-0.05, 0) is 17.7 Å². The van der Waals surface area contributed by atoms with Crippen LogP contribution in [0.5, 0.6) is 11.5 Å². The molecule has 0 aromatic heterocycles. The van der Waals surface area contributed by atoms with Crippen LogP contribution in [0.1, 0.15) is 5.56 Å². The summed E-state index contributed by atoms with van der Waals surface area (Å²) in [7, 11) is 4.97. The Morgan fingerprint density at radius 2 is 2.09 bits per heavy atom. The number of guanidine groups is 1. The van der Waals surface area contributed by atoms with E-state index in [1.54, 1.807) is 21.3 Å². The molecule has 22 heavy (non-hydrogen) atoms. The van der Waals surface area contributed by atoms with Crippen molar-refractivity contribution in [3.63, 3.8) is 0 Å². The van der Waals surface area contributed by atoms with Crippen LogP contribution in [0.4, 0.5) is 0 Å². The van der Waals surface area contributed by atoms with Crippen LogP contribution in [-0.2, 0) is 11.3 Å². The topological polar surface area (TPSA) is 64.1 Å². The third kappa shape index (κ3) is 5.94. The highest BCUT2D eigenvalue weighted by Crippen LogP contribution is 2.27. The second kappa shape index (κ2) is 10.4. The summed E-state index contributed by atoms with van der Waals surface area (Å²) in [6.45, 7) is 2.11. The molecule has 0 unspecified atom stereocenters. The number of ether oxygens (including phenoxy) is 3. The molecule has 1 rings (SSSR count). The number of nitrogens with one attached hydrogen (secondary N) is 2. The molecule has 2 N–H and O–H groups in total. The van der Waals surface area contributed by atoms with Gasteiger partial charge in [-0.15, -0.1) is 6.42 Å². The van der Waals surface area contributed by atoms with Crippen LogP contribution in [0, 0.1) is 12.3 Å². The Labute approximate surface area is 131 Å². The number of methoxy groups -OCH3 is 2. The van der Waals surface area contributed by atoms with E-state index in [9.17, 15) is 0 Å². The van der Waals surface area contributed by atoms with Gasteiger partial charge in [0.05, 0.1) is 13.7 Å². The number of rotatable bonds is 8. The predicted molar refractivity (Wildman–Crippen MR) is 87.4 cm³/mol. The first-order valence-corrected chi connectivity index (χ1v) is 6.91. The van der Waals surface area contributed by atoms with E-state index < -0.39 is 0 Å². The maximum absolute atomic E-state index is 5.48. The molecule has 0 saturated heterocycles. The molecule has 1 aromatic carbocycles. The van der Waals surface area contributed by atoms with Crippen molar-refractivity contribution in [3.05, 3.63) is 23.8 Å². The minimum Gasteiger partial charge on any atom is -0.493 e. The van der Waals surface area contributed by atoms with E-state index in [1.807, 2.05) is 18.2 Å². The summed E-state index contributed by atoms with van der Waals surface area (Å²) >= 11 is 0. The SMILES string of the molecule is C#CCOc1cc(CNC(=NC)NCCOC)ccc1OC. The van der Waals surface area contributed by atoms with Crippen molar-refractivity contribution in [1.29, 1.82) is 0 Å². The quantitative estimate of drug-likeness (QED) is 0.325. The molecule has 6 heteroatoms. The van der Waals surface area contributed by atoms with Crippen molar-refractivity contribution in [2.45, 2.75) is 6.54 Å². The summed E-state index contributed by atoms with van der Waals surface area (Å²) in [6.07, 6.45) is 5.22. The first kappa shape index (κ1) is 17.7. The lowest BCUT2D eigenvalue weighted by molar-refractivity contribution is 0.203. The van der Waals surface area contributed by atoms with E-state index in [0.717, 1.165) is 5.56 Å². The second-order valence-corrected chi connectivity index (χ2v) is 4.32. The highest BCUT2D eigenvalue weighted by Gasteiger charge is 2.06. The van der Waals surface area contributed by atoms with Crippen LogP contribution in [0.25, 0.3) is 0 Å². The van der Waals surface area contributed by atoms with Gasteiger partial charge in [-0.3, -0.25) is 4.99 Å². The lowest BCUT2D eigenvalue weighted by atomic mass is 10.2. The van der Waals surface area contributed by atoms with Gasteiger partial charge in [-0.25, -0.2) is 0 Å². The third-order valence-corrected chi connectivity index (χ3v) is 2.82. The molecular weight excluding hydrogens is 282 g/mol. The van der Waals surface area contributed by atoms with Crippen molar-refractivity contribution in [2.24, 2.45) is 4.99 Å². The van der Waals surface area contributed by atoms with E-state index in [4.69, 9.17) is 20.6 Å². The predicted octanol–water partition coefficient (Wildman–Crippen LogP) is 1.02. The molecule has 120 valence electrons. The van der Waals surface area contributed by atoms with Crippen LogP contribution < -0.4 is 20.1 Å². The minimum absolute atomic E-state index is 0.202. The molecule has 0 spiro atoms. The maximum Gasteiger partial charge on any atom is 0.191 e. The zero-order valence-corrected chi connectivity index (χ0v) is 13.3. The van der Waals surface area contributed by atoms with Crippen LogP contribution >= 0.6 is 0 Å². The van der Waals surface area contributed by atoms with Gasteiger partial charge in [0.2, 0.25) is 0 Å². The van der Waals surface area contributed by atoms with Crippen LogP contribution in [0.15, 0.2) is 23.2 Å². The molecule has 0 atom stereocenters. The molecule has 0 heterocycles. The average Bonchev–Trinajstić information content (AvgIpc) is 2.56. The van der Waals surface area contributed by atoms with E-state index in [-0.39, 0.29) is 6.61 Å². The van der Waals surface area contributed by atoms with Crippen LogP contribution in [-0.4, -0.2) is 47.0 Å². The fraction of sp³-hybridized carbons (Fsp3) is 0.438. The van der Waals surface area contributed by atoms with Gasteiger partial charge in [0, 0.05) is 27.2 Å². The molecule has 0 aliphatic heterocycles. The summed E-state index contributed by atoms with van der Waals surface area (Å²) < 4.78 is 15.7. The Balaban J connectivity index is 2.63. The number of hydrogen-bond donors (Lipinski definition) is 2. The standard InChI is InChI=1S/C16H23N3O3/c1-5-9-22-15-11-13(6-7-14(15)21-4)12-19-16(17-2)18-8-10-20-3/h1,6-7,11H,8-10,12H2,2-4H3,(H2,17,18,19). The Morgan fingerprint density at radius 3 is 2.73 bits per heavy atom. The molecule has 0 radical (unpaired) electrons. The van der Waals surface area contributed by atoms with Gasteiger partial charge >= 0.3 is 0 Å². The van der Waals surface area contributed by atoms with Crippen LogP contribution in [0.2, 0.25) is 0 Å². The zero-order valence-electron chi connectivity index (χ0n) is 13.3. The van der Waals surface area contributed by atoms with Crippen molar-refractivity contribution in [2.75, 3.05) is 41.0 Å². The normalized spacial score (nSPS) is 10.7. The average molecular weight is 305 g/mol. The van der Waals surface area contributed by atoms with Crippen molar-refractivity contribution >= 4 is 5.96 Å². The number of benzene rings is 1. The highest BCUT2D eigenvalue weighted by atomic mass is 16.5. The third-order valence-electron chi connectivity index (χ3n) is 2.82. The van der Waals surface area contributed by atoms with Gasteiger partial charge < -0.3 is 24.8 Å². The first-order chi connectivity index (χ1) is 10.7. The summed E-state index contributed by atoms with van der Waals surface area (Å²) in [5, 5.41) is 6.36. The molecule has 0 aliphatic carbocycles. The fourth-order valence-electron chi connectivity index (χ4n) is 1.74. The molecular formula is C16H23N3O3. The van der Waals surface area contributed by atoms with E-state index in [2.05, 4.69) is 21.5 Å². The molecule has 0 amide bonds. The summed E-state index contributed by atoms with van der Waals surface area (Å²) in [5.74, 6) is 4.43. The lowest BCUT2D eigenvalue weighted by Gasteiger charge is -2.13. The van der Waals surface area contributed by atoms with E-state index in [0.29, 0.717) is 37.2 Å². The minimum atomic E-state index is 0.202. The summed E-state index contributed by atoms with van der Waals surface area (Å²) in [4.78, 5) is 4.14. The Morgan fingerprint density at radius 1 is 1.27 bits per heavy atom. The molecule has 1 aromatic rings. The molecule has 0 aliphatic rings. The van der Waals surface area contributed by atoms with Gasteiger partial charge in [0.15, 0.2) is 17.5 Å². The Hall–Kier alpha value is -2.39. The van der Waals surface area contributed by atoms with Crippen LogP contribution in [0.3, 0.4) is 0 Å². The van der Waals surface area contributed by atoms with E-state index in [1.165, 1.54) is 0 Å². The van der Waals surface area contributed by atoms with Crippen molar-refractivity contribution < 1.29 is 14.2 Å². The number of hydrogen-bond acceptors (Lipinski definition) is 4. The number of aliphatic imine (C=N–C) groups is 1. The van der Waals surface area contributed by atoms with Crippen molar-refractivity contribution in [3.8, 4) is 23.8 Å². The number of terminal acetylenes is 1. The second-order valence-electron chi connectivity index (χ2n) is 4.32. The van der Waals surface area contributed by atoms with Gasteiger partial charge in [0.25, 0.3) is 0 Å². The van der Waals surface area contributed by atoms with Crippen molar-refractivity contribution in [1.82, 2.24) is 10.6 Å². The monoisotopic (exact) mass is 305 g/mol. The Bertz CT molecular complexity index is 524. The van der Waals surface area contributed by atoms with E-state index >= 15 is 0 Å².